The second-order valence-electron chi connectivity index (χ2n) is 3.05. The van der Waals surface area contributed by atoms with E-state index in [1.165, 1.54) is 0 Å². The van der Waals surface area contributed by atoms with E-state index >= 15 is 0 Å². The predicted octanol–water partition coefficient (Wildman–Crippen LogP) is 2.27. The minimum atomic E-state index is -0.322. The number of esters is 1. The maximum absolute atomic E-state index is 11.3. The maximum atomic E-state index is 11.3. The van der Waals surface area contributed by atoms with Gasteiger partial charge in [0.05, 0.1) is 18.8 Å². The van der Waals surface area contributed by atoms with Crippen LogP contribution in [0.3, 0.4) is 0 Å². The summed E-state index contributed by atoms with van der Waals surface area (Å²) in [5, 5.41) is 0. The summed E-state index contributed by atoms with van der Waals surface area (Å²) in [5.41, 5.74) is 0.520. The number of benzene rings is 1. The SMILES string of the molecule is C#CCCOc1ccc(C(=O)OCC)cc1. The van der Waals surface area contributed by atoms with Gasteiger partial charge in [0.25, 0.3) is 0 Å². The van der Waals surface area contributed by atoms with Gasteiger partial charge in [-0.25, -0.2) is 4.79 Å². The smallest absolute Gasteiger partial charge is 0.338 e. The average Bonchev–Trinajstić information content (AvgIpc) is 2.30. The normalized spacial score (nSPS) is 9.25. The molecule has 0 unspecified atom stereocenters. The van der Waals surface area contributed by atoms with Crippen LogP contribution in [0.4, 0.5) is 0 Å². The van der Waals surface area contributed by atoms with E-state index in [0.717, 1.165) is 0 Å². The molecule has 0 amide bonds. The fourth-order valence-corrected chi connectivity index (χ4v) is 1.13. The standard InChI is InChI=1S/C13H14O3/c1-3-5-10-16-12-8-6-11(7-9-12)13(14)15-4-2/h1,6-9H,4-5,10H2,2H3. The van der Waals surface area contributed by atoms with Gasteiger partial charge in [-0.3, -0.25) is 0 Å². The van der Waals surface area contributed by atoms with Gasteiger partial charge in [0.2, 0.25) is 0 Å². The molecule has 84 valence electrons. The Balaban J connectivity index is 2.54. The molecule has 0 aliphatic rings. The van der Waals surface area contributed by atoms with E-state index in [-0.39, 0.29) is 5.97 Å². The molecule has 0 saturated heterocycles. The third-order valence-electron chi connectivity index (χ3n) is 1.88. The van der Waals surface area contributed by atoms with Crippen molar-refractivity contribution in [2.24, 2.45) is 0 Å². The molecule has 0 aliphatic carbocycles. The Morgan fingerprint density at radius 3 is 2.62 bits per heavy atom. The summed E-state index contributed by atoms with van der Waals surface area (Å²) in [6.45, 7) is 2.63. The molecule has 0 spiro atoms. The zero-order valence-electron chi connectivity index (χ0n) is 9.23. The molecule has 1 aromatic rings. The first-order valence-electron chi connectivity index (χ1n) is 5.11. The van der Waals surface area contributed by atoms with Gasteiger partial charge in [0.1, 0.15) is 5.75 Å². The summed E-state index contributed by atoms with van der Waals surface area (Å²) in [5.74, 6) is 2.86. The fraction of sp³-hybridized carbons (Fsp3) is 0.308. The molecule has 0 saturated carbocycles. The van der Waals surface area contributed by atoms with Crippen molar-refractivity contribution in [3.05, 3.63) is 29.8 Å². The third kappa shape index (κ3) is 3.66. The molecule has 0 aliphatic heterocycles. The highest BCUT2D eigenvalue weighted by Gasteiger charge is 2.05. The molecular formula is C13H14O3. The van der Waals surface area contributed by atoms with Crippen LogP contribution in [0.5, 0.6) is 5.75 Å². The predicted molar refractivity (Wildman–Crippen MR) is 61.3 cm³/mol. The molecule has 0 aromatic heterocycles. The van der Waals surface area contributed by atoms with Crippen LogP contribution in [0.15, 0.2) is 24.3 Å². The lowest BCUT2D eigenvalue weighted by molar-refractivity contribution is 0.0526. The zero-order valence-corrected chi connectivity index (χ0v) is 9.23. The van der Waals surface area contributed by atoms with Crippen LogP contribution in [-0.2, 0) is 4.74 Å². The van der Waals surface area contributed by atoms with Crippen molar-refractivity contribution >= 4 is 5.97 Å². The molecule has 0 fully saturated rings. The summed E-state index contributed by atoms with van der Waals surface area (Å²) in [7, 11) is 0. The van der Waals surface area contributed by atoms with E-state index in [0.29, 0.717) is 30.9 Å². The largest absolute Gasteiger partial charge is 0.493 e. The van der Waals surface area contributed by atoms with Gasteiger partial charge < -0.3 is 9.47 Å². The number of carbonyl (C=O) groups is 1. The number of hydrogen-bond acceptors (Lipinski definition) is 3. The summed E-state index contributed by atoms with van der Waals surface area (Å²) < 4.78 is 10.2. The minimum Gasteiger partial charge on any atom is -0.493 e. The lowest BCUT2D eigenvalue weighted by Crippen LogP contribution is -2.04. The average molecular weight is 218 g/mol. The Bertz CT molecular complexity index is 373. The van der Waals surface area contributed by atoms with Crippen LogP contribution < -0.4 is 4.74 Å². The van der Waals surface area contributed by atoms with E-state index in [2.05, 4.69) is 5.92 Å². The first kappa shape index (κ1) is 12.1. The summed E-state index contributed by atoms with van der Waals surface area (Å²) >= 11 is 0. The third-order valence-corrected chi connectivity index (χ3v) is 1.88. The van der Waals surface area contributed by atoms with E-state index in [1.54, 1.807) is 31.2 Å². The van der Waals surface area contributed by atoms with Crippen molar-refractivity contribution < 1.29 is 14.3 Å². The molecule has 1 aromatic carbocycles. The number of terminal acetylenes is 1. The number of carbonyl (C=O) groups excluding carboxylic acids is 1. The molecule has 1 rings (SSSR count). The van der Waals surface area contributed by atoms with Crippen molar-refractivity contribution in [1.29, 1.82) is 0 Å². The van der Waals surface area contributed by atoms with E-state index in [1.807, 2.05) is 0 Å². The molecule has 0 bridgehead atoms. The quantitative estimate of drug-likeness (QED) is 0.432. The van der Waals surface area contributed by atoms with Crippen LogP contribution in [0.25, 0.3) is 0 Å². The highest BCUT2D eigenvalue weighted by molar-refractivity contribution is 5.89. The minimum absolute atomic E-state index is 0.322. The molecule has 3 heteroatoms. The second-order valence-corrected chi connectivity index (χ2v) is 3.05. The van der Waals surface area contributed by atoms with Gasteiger partial charge in [0.15, 0.2) is 0 Å². The zero-order chi connectivity index (χ0) is 11.8. The first-order valence-corrected chi connectivity index (χ1v) is 5.11. The number of rotatable bonds is 5. The molecule has 0 N–H and O–H groups in total. The van der Waals surface area contributed by atoms with E-state index in [9.17, 15) is 4.79 Å². The number of hydrogen-bond donors (Lipinski definition) is 0. The lowest BCUT2D eigenvalue weighted by atomic mass is 10.2. The molecule has 0 atom stereocenters. The van der Waals surface area contributed by atoms with Gasteiger partial charge in [-0.1, -0.05) is 0 Å². The van der Waals surface area contributed by atoms with Crippen LogP contribution in [0.2, 0.25) is 0 Å². The lowest BCUT2D eigenvalue weighted by Gasteiger charge is -2.05. The second kappa shape index (κ2) is 6.52. The van der Waals surface area contributed by atoms with Gasteiger partial charge in [-0.15, -0.1) is 12.3 Å². The van der Waals surface area contributed by atoms with Crippen LogP contribution in [0.1, 0.15) is 23.7 Å². The van der Waals surface area contributed by atoms with Crippen molar-refractivity contribution in [2.45, 2.75) is 13.3 Å². The van der Waals surface area contributed by atoms with Crippen LogP contribution in [0, 0.1) is 12.3 Å². The van der Waals surface area contributed by atoms with Crippen LogP contribution >= 0.6 is 0 Å². The highest BCUT2D eigenvalue weighted by Crippen LogP contribution is 2.13. The molecule has 0 heterocycles. The van der Waals surface area contributed by atoms with Crippen LogP contribution in [-0.4, -0.2) is 19.2 Å². The van der Waals surface area contributed by atoms with E-state index in [4.69, 9.17) is 15.9 Å². The highest BCUT2D eigenvalue weighted by atomic mass is 16.5. The van der Waals surface area contributed by atoms with Gasteiger partial charge in [0, 0.05) is 6.42 Å². The Hall–Kier alpha value is -1.95. The summed E-state index contributed by atoms with van der Waals surface area (Å²) in [6, 6.07) is 6.79. The van der Waals surface area contributed by atoms with Gasteiger partial charge in [-0.05, 0) is 31.2 Å². The Morgan fingerprint density at radius 1 is 1.38 bits per heavy atom. The van der Waals surface area contributed by atoms with Crippen molar-refractivity contribution in [2.75, 3.05) is 13.2 Å². The van der Waals surface area contributed by atoms with E-state index < -0.39 is 0 Å². The first-order chi connectivity index (χ1) is 7.77. The fourth-order valence-electron chi connectivity index (χ4n) is 1.13. The van der Waals surface area contributed by atoms with Crippen molar-refractivity contribution in [1.82, 2.24) is 0 Å². The topological polar surface area (TPSA) is 35.5 Å². The Morgan fingerprint density at radius 2 is 2.06 bits per heavy atom. The van der Waals surface area contributed by atoms with Gasteiger partial charge in [-0.2, -0.15) is 0 Å². The molecule has 16 heavy (non-hydrogen) atoms. The maximum Gasteiger partial charge on any atom is 0.338 e. The van der Waals surface area contributed by atoms with Gasteiger partial charge >= 0.3 is 5.97 Å². The summed E-state index contributed by atoms with van der Waals surface area (Å²) in [6.07, 6.45) is 5.67. The van der Waals surface area contributed by atoms with Crippen molar-refractivity contribution in [3.63, 3.8) is 0 Å². The summed E-state index contributed by atoms with van der Waals surface area (Å²) in [4.78, 5) is 11.3. The Labute approximate surface area is 95.4 Å². The monoisotopic (exact) mass is 218 g/mol. The van der Waals surface area contributed by atoms with Crippen molar-refractivity contribution in [3.8, 4) is 18.1 Å². The molecule has 3 nitrogen and oxygen atoms in total. The Kier molecular flexibility index (Phi) is 4.94. The molecule has 0 radical (unpaired) electrons. The molecular weight excluding hydrogens is 204 g/mol. The number of ether oxygens (including phenoxy) is 2.